The van der Waals surface area contributed by atoms with Crippen molar-refractivity contribution in [3.63, 3.8) is 0 Å². The van der Waals surface area contributed by atoms with E-state index in [9.17, 15) is 0 Å². The largest absolute Gasteiger partial charge is 0.453 e. The molecule has 0 radical (unpaired) electrons. The van der Waals surface area contributed by atoms with Gasteiger partial charge in [-0.3, -0.25) is 0 Å². The van der Waals surface area contributed by atoms with Gasteiger partial charge in [-0.05, 0) is 105 Å². The Morgan fingerprint density at radius 2 is 0.721 bits per heavy atom. The first-order valence-electron chi connectivity index (χ1n) is 20.8. The highest BCUT2D eigenvalue weighted by molar-refractivity contribution is 6.18. The van der Waals surface area contributed by atoms with Crippen LogP contribution in [0.3, 0.4) is 0 Å². The standard InChI is InChI=1S/C58H40N2O/c1-5-17-41(18-6-1)42-29-34-49(35-30-42)60(47-24-11-4-12-25-47)56-40-50(39-55-54-38-33-44-21-13-14-28-53(44)57(54)61-58(55)56)59(46-22-9-3-10-23-46)48-36-31-45(32-37-48)52-27-16-15-26-51(52)43-19-7-2-8-20-43/h1-40H. The number of fused-ring (bicyclic) bond motifs is 5. The average Bonchev–Trinajstić information content (AvgIpc) is 3.73. The van der Waals surface area contributed by atoms with Crippen LogP contribution >= 0.6 is 0 Å². The fourth-order valence-corrected chi connectivity index (χ4v) is 8.72. The van der Waals surface area contributed by atoms with Crippen LogP contribution in [0.1, 0.15) is 0 Å². The van der Waals surface area contributed by atoms with E-state index in [1.54, 1.807) is 0 Å². The van der Waals surface area contributed by atoms with Gasteiger partial charge in [0.05, 0.1) is 5.69 Å². The van der Waals surface area contributed by atoms with Gasteiger partial charge in [0.2, 0.25) is 0 Å². The highest BCUT2D eigenvalue weighted by Crippen LogP contribution is 2.48. The van der Waals surface area contributed by atoms with E-state index in [4.69, 9.17) is 4.42 Å². The minimum atomic E-state index is 0.826. The average molecular weight is 781 g/mol. The zero-order chi connectivity index (χ0) is 40.5. The Bertz CT molecular complexity index is 3270. The summed E-state index contributed by atoms with van der Waals surface area (Å²) in [5, 5.41) is 4.36. The van der Waals surface area contributed by atoms with Crippen molar-refractivity contribution < 1.29 is 4.42 Å². The maximum absolute atomic E-state index is 7.11. The van der Waals surface area contributed by atoms with Gasteiger partial charge >= 0.3 is 0 Å². The first-order valence-corrected chi connectivity index (χ1v) is 20.8. The Balaban J connectivity index is 1.13. The molecule has 0 aliphatic rings. The predicted octanol–water partition coefficient (Wildman–Crippen LogP) is 16.7. The number of hydrogen-bond acceptors (Lipinski definition) is 3. The van der Waals surface area contributed by atoms with Crippen molar-refractivity contribution in [1.82, 2.24) is 0 Å². The molecule has 0 aliphatic carbocycles. The monoisotopic (exact) mass is 780 g/mol. The lowest BCUT2D eigenvalue weighted by Gasteiger charge is -2.30. The highest BCUT2D eigenvalue weighted by Gasteiger charge is 2.24. The second-order valence-corrected chi connectivity index (χ2v) is 15.3. The van der Waals surface area contributed by atoms with Crippen LogP contribution in [0.2, 0.25) is 0 Å². The molecule has 11 aromatic rings. The molecule has 11 rings (SSSR count). The molecule has 10 aromatic carbocycles. The Morgan fingerprint density at radius 3 is 1.36 bits per heavy atom. The SMILES string of the molecule is c1ccc(-c2ccc(N(c3ccccc3)c3cc(N(c4ccccc4)c4ccc(-c5ccccc5-c5ccccc5)cc4)cc4c3oc3c5ccccc5ccc43)cc2)cc1. The molecule has 288 valence electrons. The van der Waals surface area contributed by atoms with E-state index in [1.807, 2.05) is 0 Å². The summed E-state index contributed by atoms with van der Waals surface area (Å²) in [7, 11) is 0. The highest BCUT2D eigenvalue weighted by atomic mass is 16.3. The maximum Gasteiger partial charge on any atom is 0.159 e. The first-order chi connectivity index (χ1) is 30.3. The van der Waals surface area contributed by atoms with E-state index in [2.05, 4.69) is 252 Å². The maximum atomic E-state index is 7.11. The van der Waals surface area contributed by atoms with Gasteiger partial charge in [0.1, 0.15) is 5.58 Å². The Kier molecular flexibility index (Phi) is 9.18. The molecule has 0 unspecified atom stereocenters. The first kappa shape index (κ1) is 36.0. The van der Waals surface area contributed by atoms with Gasteiger partial charge in [-0.25, -0.2) is 0 Å². The van der Waals surface area contributed by atoms with Crippen molar-refractivity contribution in [2.24, 2.45) is 0 Å². The number of hydrogen-bond donors (Lipinski definition) is 0. The topological polar surface area (TPSA) is 19.6 Å². The lowest BCUT2D eigenvalue weighted by Crippen LogP contribution is -2.13. The summed E-state index contributed by atoms with van der Waals surface area (Å²) in [6, 6.07) is 86.4. The molecule has 1 heterocycles. The third-order valence-electron chi connectivity index (χ3n) is 11.6. The normalized spacial score (nSPS) is 11.3. The van der Waals surface area contributed by atoms with E-state index in [0.717, 1.165) is 78.0 Å². The molecular weight excluding hydrogens is 741 g/mol. The van der Waals surface area contributed by atoms with Gasteiger partial charge in [0.25, 0.3) is 0 Å². The second-order valence-electron chi connectivity index (χ2n) is 15.3. The van der Waals surface area contributed by atoms with Crippen molar-refractivity contribution in [3.8, 4) is 33.4 Å². The van der Waals surface area contributed by atoms with Crippen LogP contribution in [0, 0.1) is 0 Å². The van der Waals surface area contributed by atoms with Crippen LogP contribution < -0.4 is 9.80 Å². The Labute approximate surface area is 355 Å². The molecule has 3 nitrogen and oxygen atoms in total. The molecule has 0 bridgehead atoms. The van der Waals surface area contributed by atoms with Crippen LogP contribution in [-0.4, -0.2) is 0 Å². The second kappa shape index (κ2) is 15.6. The molecule has 0 saturated carbocycles. The van der Waals surface area contributed by atoms with Crippen molar-refractivity contribution in [2.75, 3.05) is 9.80 Å². The molecule has 0 saturated heterocycles. The molecule has 0 aliphatic heterocycles. The van der Waals surface area contributed by atoms with Crippen molar-refractivity contribution in [3.05, 3.63) is 243 Å². The summed E-state index contributed by atoms with van der Waals surface area (Å²) < 4.78 is 7.11. The summed E-state index contributed by atoms with van der Waals surface area (Å²) in [5.74, 6) is 0. The number of nitrogens with zero attached hydrogens (tertiary/aromatic N) is 2. The summed E-state index contributed by atoms with van der Waals surface area (Å²) in [4.78, 5) is 4.69. The lowest BCUT2D eigenvalue weighted by atomic mass is 9.94. The third-order valence-corrected chi connectivity index (χ3v) is 11.6. The number of benzene rings is 10. The molecule has 1 aromatic heterocycles. The molecule has 3 heteroatoms. The molecule has 0 N–H and O–H groups in total. The van der Waals surface area contributed by atoms with E-state index >= 15 is 0 Å². The summed E-state index contributed by atoms with van der Waals surface area (Å²) >= 11 is 0. The van der Waals surface area contributed by atoms with E-state index in [0.29, 0.717) is 0 Å². The summed E-state index contributed by atoms with van der Waals surface area (Å²) in [6.07, 6.45) is 0. The van der Waals surface area contributed by atoms with Crippen LogP contribution in [0.15, 0.2) is 247 Å². The van der Waals surface area contributed by atoms with Gasteiger partial charge in [-0.2, -0.15) is 0 Å². The van der Waals surface area contributed by atoms with Crippen LogP contribution in [0.25, 0.3) is 66.1 Å². The molecular formula is C58H40N2O. The summed E-state index contributed by atoms with van der Waals surface area (Å²) in [6.45, 7) is 0. The van der Waals surface area contributed by atoms with Crippen LogP contribution in [0.5, 0.6) is 0 Å². The van der Waals surface area contributed by atoms with Crippen molar-refractivity contribution in [1.29, 1.82) is 0 Å². The Hall–Kier alpha value is -8.14. The van der Waals surface area contributed by atoms with Gasteiger partial charge in [-0.1, -0.05) is 176 Å². The zero-order valence-electron chi connectivity index (χ0n) is 33.4. The number of para-hydroxylation sites is 2. The van der Waals surface area contributed by atoms with E-state index in [-0.39, 0.29) is 0 Å². The zero-order valence-corrected chi connectivity index (χ0v) is 33.4. The van der Waals surface area contributed by atoms with Crippen LogP contribution in [0.4, 0.5) is 34.1 Å². The fourth-order valence-electron chi connectivity index (χ4n) is 8.72. The molecule has 0 fully saturated rings. The number of rotatable bonds is 9. The third kappa shape index (κ3) is 6.69. The fraction of sp³-hybridized carbons (Fsp3) is 0. The number of furan rings is 1. The molecule has 61 heavy (non-hydrogen) atoms. The summed E-state index contributed by atoms with van der Waals surface area (Å²) in [5.41, 5.74) is 15.0. The molecule has 0 spiro atoms. The molecule has 0 atom stereocenters. The van der Waals surface area contributed by atoms with Gasteiger partial charge in [0.15, 0.2) is 5.58 Å². The Morgan fingerprint density at radius 1 is 0.262 bits per heavy atom. The van der Waals surface area contributed by atoms with Gasteiger partial charge < -0.3 is 14.2 Å². The van der Waals surface area contributed by atoms with Crippen LogP contribution in [-0.2, 0) is 0 Å². The predicted molar refractivity (Wildman–Crippen MR) is 257 cm³/mol. The van der Waals surface area contributed by atoms with E-state index < -0.39 is 0 Å². The van der Waals surface area contributed by atoms with Gasteiger partial charge in [0, 0.05) is 44.6 Å². The van der Waals surface area contributed by atoms with Crippen molar-refractivity contribution >= 4 is 66.8 Å². The minimum Gasteiger partial charge on any atom is -0.453 e. The number of anilines is 6. The minimum absolute atomic E-state index is 0.826. The lowest BCUT2D eigenvalue weighted by molar-refractivity contribution is 0.673. The quantitative estimate of drug-likeness (QED) is 0.145. The smallest absolute Gasteiger partial charge is 0.159 e. The van der Waals surface area contributed by atoms with Gasteiger partial charge in [-0.15, -0.1) is 0 Å². The molecule has 0 amide bonds. The van der Waals surface area contributed by atoms with Crippen molar-refractivity contribution in [2.45, 2.75) is 0 Å². The van der Waals surface area contributed by atoms with E-state index in [1.165, 1.54) is 22.3 Å².